The molecule has 1 rings (SSSR count). The summed E-state index contributed by atoms with van der Waals surface area (Å²) in [5, 5.41) is 0.128. The fourth-order valence-electron chi connectivity index (χ4n) is 0.875. The Labute approximate surface area is 92.0 Å². The van der Waals surface area contributed by atoms with Gasteiger partial charge in [-0.25, -0.2) is 12.8 Å². The minimum atomic E-state index is -3.98. The number of hydrogen-bond acceptors (Lipinski definition) is 3. The van der Waals surface area contributed by atoms with E-state index < -0.39 is 20.7 Å². The number of hydrogen-bond donors (Lipinski definition) is 1. The highest BCUT2D eigenvalue weighted by Crippen LogP contribution is 2.18. The van der Waals surface area contributed by atoms with E-state index in [0.717, 1.165) is 12.1 Å². The van der Waals surface area contributed by atoms with Crippen molar-refractivity contribution in [3.05, 3.63) is 29.0 Å². The zero-order valence-corrected chi connectivity index (χ0v) is 9.40. The Kier molecular flexibility index (Phi) is 4.04. The van der Waals surface area contributed by atoms with Crippen LogP contribution in [0.15, 0.2) is 23.1 Å². The monoisotopic (exact) mass is 253 g/mol. The Morgan fingerprint density at radius 3 is 2.73 bits per heavy atom. The van der Waals surface area contributed by atoms with Gasteiger partial charge in [-0.05, 0) is 25.1 Å². The maximum Gasteiger partial charge on any atom is 0.265 e. The molecule has 15 heavy (non-hydrogen) atoms. The van der Waals surface area contributed by atoms with Gasteiger partial charge in [-0.15, -0.1) is 0 Å². The number of rotatable bonds is 4. The van der Waals surface area contributed by atoms with Crippen molar-refractivity contribution in [2.75, 3.05) is 6.61 Å². The van der Waals surface area contributed by atoms with E-state index in [4.69, 9.17) is 11.6 Å². The van der Waals surface area contributed by atoms with E-state index in [9.17, 15) is 12.8 Å². The van der Waals surface area contributed by atoms with Gasteiger partial charge >= 0.3 is 0 Å². The van der Waals surface area contributed by atoms with Crippen LogP contribution in [0.5, 0.6) is 0 Å². The van der Waals surface area contributed by atoms with Crippen molar-refractivity contribution >= 4 is 21.6 Å². The van der Waals surface area contributed by atoms with Gasteiger partial charge in [0, 0.05) is 5.02 Å². The summed E-state index contributed by atoms with van der Waals surface area (Å²) in [6, 6.07) is 3.27. The maximum absolute atomic E-state index is 13.2. The van der Waals surface area contributed by atoms with E-state index in [1.54, 1.807) is 11.8 Å². The highest BCUT2D eigenvalue weighted by Gasteiger charge is 2.18. The second kappa shape index (κ2) is 4.89. The Balaban J connectivity index is 3.05. The highest BCUT2D eigenvalue weighted by atomic mass is 35.5. The summed E-state index contributed by atoms with van der Waals surface area (Å²) in [7, 11) is -3.98. The minimum Gasteiger partial charge on any atom is -0.287 e. The van der Waals surface area contributed by atoms with E-state index in [2.05, 4.69) is 4.84 Å². The van der Waals surface area contributed by atoms with E-state index in [1.165, 1.54) is 6.07 Å². The van der Waals surface area contributed by atoms with Gasteiger partial charge < -0.3 is 0 Å². The summed E-state index contributed by atoms with van der Waals surface area (Å²) < 4.78 is 36.0. The summed E-state index contributed by atoms with van der Waals surface area (Å²) in [5.41, 5.74) is 0. The summed E-state index contributed by atoms with van der Waals surface area (Å²) in [5.74, 6) is -0.922. The molecule has 0 spiro atoms. The molecule has 1 aromatic carbocycles. The van der Waals surface area contributed by atoms with Crippen LogP contribution in [-0.2, 0) is 14.9 Å². The van der Waals surface area contributed by atoms with Gasteiger partial charge in [0.25, 0.3) is 10.0 Å². The molecule has 84 valence electrons. The van der Waals surface area contributed by atoms with Crippen LogP contribution in [-0.4, -0.2) is 15.0 Å². The van der Waals surface area contributed by atoms with Crippen LogP contribution in [0.3, 0.4) is 0 Å². The van der Waals surface area contributed by atoms with Crippen LogP contribution < -0.4 is 4.89 Å². The van der Waals surface area contributed by atoms with Crippen molar-refractivity contribution in [3.63, 3.8) is 0 Å². The summed E-state index contributed by atoms with van der Waals surface area (Å²) in [6.07, 6.45) is 0. The van der Waals surface area contributed by atoms with Crippen LogP contribution >= 0.6 is 11.6 Å². The van der Waals surface area contributed by atoms with Gasteiger partial charge in [0.05, 0.1) is 6.61 Å². The maximum atomic E-state index is 13.2. The van der Waals surface area contributed by atoms with E-state index >= 15 is 0 Å². The first-order valence-corrected chi connectivity index (χ1v) is 5.92. The predicted octanol–water partition coefficient (Wildman–Crippen LogP) is 1.71. The van der Waals surface area contributed by atoms with Crippen molar-refractivity contribution < 1.29 is 17.6 Å². The first kappa shape index (κ1) is 12.4. The molecule has 0 amide bonds. The molecule has 0 aliphatic heterocycles. The molecule has 0 aliphatic carbocycles. The van der Waals surface area contributed by atoms with Crippen molar-refractivity contribution in [1.29, 1.82) is 0 Å². The summed E-state index contributed by atoms with van der Waals surface area (Å²) in [6.45, 7) is 1.75. The van der Waals surface area contributed by atoms with Gasteiger partial charge in [-0.1, -0.05) is 16.5 Å². The summed E-state index contributed by atoms with van der Waals surface area (Å²) in [4.78, 5) is 5.78. The third-order valence-corrected chi connectivity index (χ3v) is 2.98. The fourth-order valence-corrected chi connectivity index (χ4v) is 1.96. The normalized spacial score (nSPS) is 11.7. The van der Waals surface area contributed by atoms with Crippen LogP contribution in [0.25, 0.3) is 0 Å². The highest BCUT2D eigenvalue weighted by molar-refractivity contribution is 7.89. The smallest absolute Gasteiger partial charge is 0.265 e. The lowest BCUT2D eigenvalue weighted by molar-refractivity contribution is 0.105. The van der Waals surface area contributed by atoms with Gasteiger partial charge in [0.2, 0.25) is 0 Å². The number of halogens is 2. The molecule has 0 atom stereocenters. The quantitative estimate of drug-likeness (QED) is 0.831. The lowest BCUT2D eigenvalue weighted by atomic mass is 10.3. The van der Waals surface area contributed by atoms with Crippen LogP contribution in [0, 0.1) is 5.82 Å². The van der Waals surface area contributed by atoms with Crippen molar-refractivity contribution in [2.24, 2.45) is 0 Å². The van der Waals surface area contributed by atoms with Gasteiger partial charge in [0.1, 0.15) is 10.7 Å². The SMILES string of the molecule is CCONS(=O)(=O)c1ccc(Cl)cc1F. The largest absolute Gasteiger partial charge is 0.287 e. The first-order valence-electron chi connectivity index (χ1n) is 4.06. The van der Waals surface area contributed by atoms with E-state index in [0.29, 0.717) is 0 Å². The lowest BCUT2D eigenvalue weighted by Crippen LogP contribution is -2.24. The van der Waals surface area contributed by atoms with Gasteiger partial charge in [0.15, 0.2) is 0 Å². The predicted molar refractivity (Wildman–Crippen MR) is 53.4 cm³/mol. The van der Waals surface area contributed by atoms with Crippen LogP contribution in [0.1, 0.15) is 6.92 Å². The Morgan fingerprint density at radius 2 is 2.20 bits per heavy atom. The second-order valence-corrected chi connectivity index (χ2v) is 4.64. The van der Waals surface area contributed by atoms with Crippen molar-refractivity contribution in [1.82, 2.24) is 4.89 Å². The number of nitrogens with one attached hydrogen (secondary N) is 1. The lowest BCUT2D eigenvalue weighted by Gasteiger charge is -2.06. The third kappa shape index (κ3) is 3.13. The molecule has 0 unspecified atom stereocenters. The number of benzene rings is 1. The molecule has 0 saturated heterocycles. The Morgan fingerprint density at radius 1 is 1.53 bits per heavy atom. The van der Waals surface area contributed by atoms with Crippen LogP contribution in [0.2, 0.25) is 5.02 Å². The van der Waals surface area contributed by atoms with E-state index in [1.807, 2.05) is 0 Å². The molecule has 0 fully saturated rings. The molecule has 0 saturated carbocycles. The van der Waals surface area contributed by atoms with E-state index in [-0.39, 0.29) is 11.6 Å². The standard InChI is InChI=1S/C8H9ClFNO3S/c1-2-14-11-15(12,13)8-4-3-6(9)5-7(8)10/h3-5,11H,2H2,1H3. The van der Waals surface area contributed by atoms with Crippen LogP contribution in [0.4, 0.5) is 4.39 Å². The summed E-state index contributed by atoms with van der Waals surface area (Å²) >= 11 is 5.48. The molecule has 7 heteroatoms. The molecular formula is C8H9ClFNO3S. The topological polar surface area (TPSA) is 55.4 Å². The third-order valence-electron chi connectivity index (χ3n) is 1.50. The Hall–Kier alpha value is -0.690. The van der Waals surface area contributed by atoms with Gasteiger partial charge in [-0.3, -0.25) is 4.84 Å². The molecule has 4 nitrogen and oxygen atoms in total. The van der Waals surface area contributed by atoms with Crippen molar-refractivity contribution in [2.45, 2.75) is 11.8 Å². The minimum absolute atomic E-state index is 0.128. The molecule has 1 aromatic rings. The molecular weight excluding hydrogens is 245 g/mol. The molecule has 1 N–H and O–H groups in total. The van der Waals surface area contributed by atoms with Gasteiger partial charge in [-0.2, -0.15) is 0 Å². The Bertz CT molecular complexity index is 449. The first-order chi connectivity index (χ1) is 6.97. The zero-order valence-electron chi connectivity index (χ0n) is 7.83. The second-order valence-electron chi connectivity index (χ2n) is 2.59. The molecule has 0 bridgehead atoms. The van der Waals surface area contributed by atoms with Crippen molar-refractivity contribution in [3.8, 4) is 0 Å². The fraction of sp³-hybridized carbons (Fsp3) is 0.250. The zero-order chi connectivity index (χ0) is 11.5. The number of sulfonamides is 1. The molecule has 0 aliphatic rings. The molecule has 0 aromatic heterocycles. The average molecular weight is 254 g/mol. The molecule has 0 heterocycles. The molecule has 0 radical (unpaired) electrons. The average Bonchev–Trinajstić information content (AvgIpc) is 2.14.